The zero-order valence-electron chi connectivity index (χ0n) is 21.7. The van der Waals surface area contributed by atoms with Crippen LogP contribution >= 0.6 is 11.8 Å². The number of halogens is 1. The highest BCUT2D eigenvalue weighted by atomic mass is 32.2. The molecule has 2 atom stereocenters. The van der Waals surface area contributed by atoms with Crippen molar-refractivity contribution in [3.05, 3.63) is 89.2 Å². The van der Waals surface area contributed by atoms with E-state index in [4.69, 9.17) is 9.47 Å². The third kappa shape index (κ3) is 5.23. The summed E-state index contributed by atoms with van der Waals surface area (Å²) in [6, 6.07) is 19.3. The average molecular weight is 549 g/mol. The molecule has 1 aliphatic carbocycles. The van der Waals surface area contributed by atoms with Crippen molar-refractivity contribution < 1.29 is 28.2 Å². The van der Waals surface area contributed by atoms with Crippen molar-refractivity contribution in [1.82, 2.24) is 5.32 Å². The van der Waals surface area contributed by atoms with Crippen LogP contribution in [-0.4, -0.2) is 50.0 Å². The summed E-state index contributed by atoms with van der Waals surface area (Å²) in [4.78, 5) is 40.1. The van der Waals surface area contributed by atoms with Crippen LogP contribution in [0.25, 0.3) is 11.1 Å². The summed E-state index contributed by atoms with van der Waals surface area (Å²) in [5.41, 5.74) is 5.60. The van der Waals surface area contributed by atoms with E-state index in [1.54, 1.807) is 11.0 Å². The van der Waals surface area contributed by atoms with Gasteiger partial charge >= 0.3 is 12.1 Å². The van der Waals surface area contributed by atoms with Crippen LogP contribution in [0.15, 0.2) is 66.7 Å². The fourth-order valence-corrected chi connectivity index (χ4v) is 6.52. The van der Waals surface area contributed by atoms with Crippen molar-refractivity contribution in [2.75, 3.05) is 30.9 Å². The van der Waals surface area contributed by atoms with E-state index in [0.717, 1.165) is 40.4 Å². The van der Waals surface area contributed by atoms with Crippen LogP contribution in [0.5, 0.6) is 0 Å². The van der Waals surface area contributed by atoms with E-state index in [-0.39, 0.29) is 24.2 Å². The van der Waals surface area contributed by atoms with Crippen LogP contribution in [0.1, 0.15) is 41.2 Å². The summed E-state index contributed by atoms with van der Waals surface area (Å²) >= 11 is 1.16. The van der Waals surface area contributed by atoms with Gasteiger partial charge in [-0.05, 0) is 46.9 Å². The van der Waals surface area contributed by atoms with E-state index < -0.39 is 29.2 Å². The summed E-state index contributed by atoms with van der Waals surface area (Å²) in [6.07, 6.45) is -0.0155. The molecule has 202 valence electrons. The molecule has 2 amide bonds. The highest BCUT2D eigenvalue weighted by Crippen LogP contribution is 2.45. The number of benzene rings is 3. The molecule has 3 aromatic carbocycles. The summed E-state index contributed by atoms with van der Waals surface area (Å²) in [5, 5.41) is 1.90. The molecule has 0 bridgehead atoms. The molecule has 5 rings (SSSR count). The van der Waals surface area contributed by atoms with Gasteiger partial charge in [-0.2, -0.15) is 0 Å². The SMILES string of the molecule is CCCN1C(=O)C(SC[C@H](NC(=O)OCC2c3ccccc3-c3ccccc32)C(=O)OC)c2cc(F)ccc21. The molecule has 1 heterocycles. The molecule has 0 aromatic heterocycles. The smallest absolute Gasteiger partial charge is 0.407 e. The lowest BCUT2D eigenvalue weighted by atomic mass is 9.98. The Kier molecular flexibility index (Phi) is 7.88. The van der Waals surface area contributed by atoms with Gasteiger partial charge in [-0.15, -0.1) is 11.8 Å². The van der Waals surface area contributed by atoms with Crippen LogP contribution in [0, 0.1) is 5.82 Å². The minimum absolute atomic E-state index is 0.0448. The fraction of sp³-hybridized carbons (Fsp3) is 0.300. The lowest BCUT2D eigenvalue weighted by Crippen LogP contribution is -2.44. The number of methoxy groups -OCH3 is 1. The number of nitrogens with zero attached hydrogens (tertiary/aromatic N) is 1. The van der Waals surface area contributed by atoms with Crippen molar-refractivity contribution in [3.8, 4) is 11.1 Å². The van der Waals surface area contributed by atoms with Crippen LogP contribution in [-0.2, 0) is 19.1 Å². The van der Waals surface area contributed by atoms with E-state index in [1.165, 1.54) is 19.2 Å². The summed E-state index contributed by atoms with van der Waals surface area (Å²) in [7, 11) is 1.23. The number of anilines is 1. The van der Waals surface area contributed by atoms with Gasteiger partial charge in [0.25, 0.3) is 0 Å². The predicted octanol–water partition coefficient (Wildman–Crippen LogP) is 5.44. The Labute approximate surface area is 230 Å². The third-order valence-electron chi connectivity index (χ3n) is 7.05. The number of esters is 1. The predicted molar refractivity (Wildman–Crippen MR) is 148 cm³/mol. The topological polar surface area (TPSA) is 84.9 Å². The molecule has 2 aliphatic rings. The molecule has 39 heavy (non-hydrogen) atoms. The monoisotopic (exact) mass is 548 g/mol. The number of amides is 2. The van der Waals surface area contributed by atoms with E-state index in [1.807, 2.05) is 43.3 Å². The second-order valence-electron chi connectivity index (χ2n) is 9.45. The molecule has 7 nitrogen and oxygen atoms in total. The highest BCUT2D eigenvalue weighted by molar-refractivity contribution is 8.00. The highest BCUT2D eigenvalue weighted by Gasteiger charge is 2.39. The maximum absolute atomic E-state index is 14.0. The van der Waals surface area contributed by atoms with Crippen LogP contribution < -0.4 is 10.2 Å². The lowest BCUT2D eigenvalue weighted by molar-refractivity contribution is -0.142. The molecule has 0 saturated heterocycles. The largest absolute Gasteiger partial charge is 0.467 e. The van der Waals surface area contributed by atoms with Crippen LogP contribution in [0.3, 0.4) is 0 Å². The summed E-state index contributed by atoms with van der Waals surface area (Å²) < 4.78 is 24.5. The van der Waals surface area contributed by atoms with Gasteiger partial charge in [-0.25, -0.2) is 14.0 Å². The first kappa shape index (κ1) is 26.7. The van der Waals surface area contributed by atoms with Crippen LogP contribution in [0.2, 0.25) is 0 Å². The second-order valence-corrected chi connectivity index (χ2v) is 10.6. The lowest BCUT2D eigenvalue weighted by Gasteiger charge is -2.20. The number of fused-ring (bicyclic) bond motifs is 4. The Balaban J connectivity index is 1.25. The van der Waals surface area contributed by atoms with Gasteiger partial charge in [0.2, 0.25) is 5.91 Å². The van der Waals surface area contributed by atoms with Crippen molar-refractivity contribution in [3.63, 3.8) is 0 Å². The van der Waals surface area contributed by atoms with Gasteiger partial charge in [-0.1, -0.05) is 55.5 Å². The van der Waals surface area contributed by atoms with Gasteiger partial charge in [0, 0.05) is 29.5 Å². The first-order chi connectivity index (χ1) is 18.9. The molecule has 0 spiro atoms. The molecule has 1 aliphatic heterocycles. The normalized spacial score (nSPS) is 16.3. The zero-order chi connectivity index (χ0) is 27.5. The molecule has 0 radical (unpaired) electrons. The number of carbonyl (C=O) groups is 3. The van der Waals surface area contributed by atoms with Crippen molar-refractivity contribution in [1.29, 1.82) is 0 Å². The molecule has 0 saturated carbocycles. The first-order valence-electron chi connectivity index (χ1n) is 12.8. The standard InChI is InChI=1S/C30H29FN2O5S/c1-3-14-33-26-13-12-18(31)15-23(26)27(28(33)34)39-17-25(29(35)37-2)32-30(36)38-16-24-21-10-6-4-8-19(21)20-9-5-7-11-22(20)24/h4-13,15,24-25,27H,3,14,16-17H2,1-2H3,(H,32,36)/t25-,27?/m0/s1. The summed E-state index contributed by atoms with van der Waals surface area (Å²) in [6.45, 7) is 2.57. The number of carbonyl (C=O) groups excluding carboxylic acids is 3. The molecular formula is C30H29FN2O5S. The Morgan fingerprint density at radius 2 is 1.69 bits per heavy atom. The van der Waals surface area contributed by atoms with E-state index >= 15 is 0 Å². The molecule has 1 unspecified atom stereocenters. The summed E-state index contributed by atoms with van der Waals surface area (Å²) in [5.74, 6) is -1.35. The number of ether oxygens (including phenoxy) is 2. The van der Waals surface area contributed by atoms with Gasteiger partial charge in [-0.3, -0.25) is 4.79 Å². The van der Waals surface area contributed by atoms with Crippen molar-refractivity contribution in [2.24, 2.45) is 0 Å². The fourth-order valence-electron chi connectivity index (χ4n) is 5.28. The Morgan fingerprint density at radius 3 is 2.33 bits per heavy atom. The molecule has 3 aromatic rings. The minimum atomic E-state index is -1.05. The van der Waals surface area contributed by atoms with E-state index in [0.29, 0.717) is 17.8 Å². The van der Waals surface area contributed by atoms with Gasteiger partial charge in [0.15, 0.2) is 0 Å². The second kappa shape index (κ2) is 11.5. The minimum Gasteiger partial charge on any atom is -0.467 e. The number of hydrogen-bond donors (Lipinski definition) is 1. The zero-order valence-corrected chi connectivity index (χ0v) is 22.5. The molecule has 0 fully saturated rings. The number of alkyl carbamates (subject to hydrolysis) is 1. The van der Waals surface area contributed by atoms with Gasteiger partial charge in [0.1, 0.15) is 23.7 Å². The maximum Gasteiger partial charge on any atom is 0.407 e. The molecule has 1 N–H and O–H groups in total. The number of rotatable bonds is 9. The Hall–Kier alpha value is -3.85. The molecule has 9 heteroatoms. The molecular weight excluding hydrogens is 519 g/mol. The van der Waals surface area contributed by atoms with Crippen LogP contribution in [0.4, 0.5) is 14.9 Å². The quantitative estimate of drug-likeness (QED) is 0.359. The number of nitrogens with one attached hydrogen (secondary N) is 1. The van der Waals surface area contributed by atoms with Gasteiger partial charge in [0.05, 0.1) is 7.11 Å². The van der Waals surface area contributed by atoms with Gasteiger partial charge < -0.3 is 19.7 Å². The average Bonchev–Trinajstić information content (AvgIpc) is 3.40. The van der Waals surface area contributed by atoms with Crippen molar-refractivity contribution >= 4 is 35.4 Å². The third-order valence-corrected chi connectivity index (χ3v) is 8.37. The van der Waals surface area contributed by atoms with E-state index in [9.17, 15) is 18.8 Å². The Morgan fingerprint density at radius 1 is 1.03 bits per heavy atom. The number of thioether (sulfide) groups is 1. The Bertz CT molecular complexity index is 1370. The maximum atomic E-state index is 14.0. The van der Waals surface area contributed by atoms with Crippen molar-refractivity contribution in [2.45, 2.75) is 30.6 Å². The first-order valence-corrected chi connectivity index (χ1v) is 13.9. The van der Waals surface area contributed by atoms with E-state index in [2.05, 4.69) is 17.4 Å². The number of hydrogen-bond acceptors (Lipinski definition) is 6.